The standard InChI is InChI=1S/C18H20N6OS/c1-12-16(6-5-13-4-3-7-20-9-13)17(22-18(19)21-12)23-10-15-8-14(23)11-24(15)26(2)25/h3-4,7,9,14-15H,8,10-11H2,1-2H3,(H2,19,21,22). The van der Waals surface area contributed by atoms with Gasteiger partial charge >= 0.3 is 0 Å². The fourth-order valence-corrected chi connectivity index (χ4v) is 4.66. The molecule has 0 saturated carbocycles. The molecule has 2 N–H and O–H groups in total. The maximum atomic E-state index is 11.9. The van der Waals surface area contributed by atoms with Crippen molar-refractivity contribution in [3.63, 3.8) is 0 Å². The zero-order valence-corrected chi connectivity index (χ0v) is 15.5. The van der Waals surface area contributed by atoms with Crippen LogP contribution in [0.5, 0.6) is 0 Å². The van der Waals surface area contributed by atoms with Crippen molar-refractivity contribution < 1.29 is 4.55 Å². The van der Waals surface area contributed by atoms with E-state index in [0.29, 0.717) is 0 Å². The number of anilines is 2. The summed E-state index contributed by atoms with van der Waals surface area (Å²) in [4.78, 5) is 15.1. The van der Waals surface area contributed by atoms with Gasteiger partial charge in [0.25, 0.3) is 0 Å². The second-order valence-electron chi connectivity index (χ2n) is 6.58. The predicted octanol–water partition coefficient (Wildman–Crippen LogP) is 0.718. The van der Waals surface area contributed by atoms with E-state index in [9.17, 15) is 4.55 Å². The van der Waals surface area contributed by atoms with Crippen LogP contribution in [0.4, 0.5) is 11.8 Å². The lowest BCUT2D eigenvalue weighted by Crippen LogP contribution is -2.49. The van der Waals surface area contributed by atoms with Gasteiger partial charge in [-0.2, -0.15) is 4.98 Å². The van der Waals surface area contributed by atoms with Gasteiger partial charge in [-0.05, 0) is 25.5 Å². The summed E-state index contributed by atoms with van der Waals surface area (Å²) in [5.41, 5.74) is 8.31. The minimum atomic E-state index is -0.940. The predicted molar refractivity (Wildman–Crippen MR) is 102 cm³/mol. The lowest BCUT2D eigenvalue weighted by molar-refractivity contribution is 0.370. The first-order valence-corrected chi connectivity index (χ1v) is 9.97. The quantitative estimate of drug-likeness (QED) is 0.616. The number of pyridine rings is 1. The summed E-state index contributed by atoms with van der Waals surface area (Å²) < 4.78 is 13.9. The Labute approximate surface area is 156 Å². The third-order valence-corrected chi connectivity index (χ3v) is 5.98. The van der Waals surface area contributed by atoms with Gasteiger partial charge in [0.1, 0.15) is 6.26 Å². The van der Waals surface area contributed by atoms with Crippen LogP contribution in [0.1, 0.15) is 23.2 Å². The van der Waals surface area contributed by atoms with Crippen LogP contribution in [0.25, 0.3) is 0 Å². The molecule has 0 spiro atoms. The summed E-state index contributed by atoms with van der Waals surface area (Å²) in [7, 11) is 0. The van der Waals surface area contributed by atoms with Crippen molar-refractivity contribution in [1.82, 2.24) is 19.3 Å². The van der Waals surface area contributed by atoms with Crippen molar-refractivity contribution in [2.45, 2.75) is 25.4 Å². The molecule has 0 aromatic carbocycles. The van der Waals surface area contributed by atoms with Gasteiger partial charge in [-0.1, -0.05) is 11.8 Å². The third-order valence-electron chi connectivity index (χ3n) is 4.87. The highest BCUT2D eigenvalue weighted by atomic mass is 32.2. The van der Waals surface area contributed by atoms with E-state index in [2.05, 4.69) is 36.0 Å². The first kappa shape index (κ1) is 17.1. The second-order valence-corrected chi connectivity index (χ2v) is 7.89. The molecule has 4 heterocycles. The number of nitrogen functional groups attached to an aromatic ring is 1. The Bertz CT molecular complexity index is 878. The number of aryl methyl sites for hydroxylation is 1. The van der Waals surface area contributed by atoms with E-state index in [1.165, 1.54) is 0 Å². The molecule has 3 atom stereocenters. The molecule has 2 saturated heterocycles. The number of hydrogen-bond donors (Lipinski definition) is 1. The van der Waals surface area contributed by atoms with Gasteiger partial charge in [0.05, 0.1) is 23.8 Å². The monoisotopic (exact) mass is 368 g/mol. The summed E-state index contributed by atoms with van der Waals surface area (Å²) in [6.45, 7) is 3.45. The zero-order valence-electron chi connectivity index (χ0n) is 14.7. The molecule has 3 unspecified atom stereocenters. The first-order valence-electron chi connectivity index (χ1n) is 8.46. The third kappa shape index (κ3) is 3.09. The smallest absolute Gasteiger partial charge is 0.222 e. The number of fused-ring (bicyclic) bond motifs is 2. The fraction of sp³-hybridized carbons (Fsp3) is 0.389. The van der Waals surface area contributed by atoms with Gasteiger partial charge < -0.3 is 15.2 Å². The van der Waals surface area contributed by atoms with Gasteiger partial charge in [0.2, 0.25) is 5.95 Å². The van der Waals surface area contributed by atoms with Crippen molar-refractivity contribution in [2.24, 2.45) is 0 Å². The molecule has 26 heavy (non-hydrogen) atoms. The van der Waals surface area contributed by atoms with E-state index in [1.807, 2.05) is 19.1 Å². The normalized spacial score (nSPS) is 23.0. The molecule has 0 amide bonds. The van der Waals surface area contributed by atoms with E-state index < -0.39 is 11.4 Å². The highest BCUT2D eigenvalue weighted by molar-refractivity contribution is 7.88. The van der Waals surface area contributed by atoms with Crippen molar-refractivity contribution in [2.75, 3.05) is 30.0 Å². The molecule has 0 radical (unpaired) electrons. The average Bonchev–Trinajstić information content (AvgIpc) is 3.22. The summed E-state index contributed by atoms with van der Waals surface area (Å²) >= 11 is -0.940. The van der Waals surface area contributed by atoms with Crippen LogP contribution in [-0.2, 0) is 11.4 Å². The number of hydrogen-bond acceptors (Lipinski definition) is 7. The van der Waals surface area contributed by atoms with Crippen LogP contribution >= 0.6 is 0 Å². The van der Waals surface area contributed by atoms with Gasteiger partial charge in [-0.15, -0.1) is 4.31 Å². The first-order chi connectivity index (χ1) is 12.5. The van der Waals surface area contributed by atoms with E-state index in [1.54, 1.807) is 18.6 Å². The van der Waals surface area contributed by atoms with Crippen molar-refractivity contribution >= 4 is 23.1 Å². The maximum absolute atomic E-state index is 11.9. The minimum absolute atomic E-state index is 0.253. The Morgan fingerprint density at radius 1 is 1.27 bits per heavy atom. The van der Waals surface area contributed by atoms with Crippen LogP contribution in [0.3, 0.4) is 0 Å². The summed E-state index contributed by atoms with van der Waals surface area (Å²) in [6.07, 6.45) is 6.17. The van der Waals surface area contributed by atoms with Crippen LogP contribution in [0.2, 0.25) is 0 Å². The molecular weight excluding hydrogens is 348 g/mol. The van der Waals surface area contributed by atoms with Crippen LogP contribution in [0.15, 0.2) is 24.5 Å². The van der Waals surface area contributed by atoms with E-state index in [0.717, 1.165) is 42.1 Å². The van der Waals surface area contributed by atoms with E-state index in [-0.39, 0.29) is 18.0 Å². The van der Waals surface area contributed by atoms with E-state index in [4.69, 9.17) is 5.73 Å². The summed E-state index contributed by atoms with van der Waals surface area (Å²) in [6, 6.07) is 4.33. The molecular formula is C18H20N6OS. The van der Waals surface area contributed by atoms with Gasteiger partial charge in [0.15, 0.2) is 5.82 Å². The molecule has 2 aliphatic rings. The van der Waals surface area contributed by atoms with Crippen LogP contribution in [-0.4, -0.2) is 55.2 Å². The second kappa shape index (κ2) is 6.76. The Morgan fingerprint density at radius 2 is 2.12 bits per heavy atom. The number of piperazine rings is 1. The SMILES string of the molecule is Cc1nc(N)nc(N2CC3CC2CN3[S+](C)[O-])c1C#Cc1cccnc1. The fourth-order valence-electron chi connectivity index (χ4n) is 3.71. The van der Waals surface area contributed by atoms with Crippen molar-refractivity contribution in [3.8, 4) is 11.8 Å². The average molecular weight is 368 g/mol. The Hall–Kier alpha value is -2.34. The van der Waals surface area contributed by atoms with Gasteiger partial charge in [-0.3, -0.25) is 4.98 Å². The van der Waals surface area contributed by atoms with Crippen LogP contribution in [0, 0.1) is 18.8 Å². The molecule has 2 aromatic rings. The lowest BCUT2D eigenvalue weighted by Gasteiger charge is -2.34. The number of nitrogens with zero attached hydrogens (tertiary/aromatic N) is 5. The highest BCUT2D eigenvalue weighted by Crippen LogP contribution is 2.36. The zero-order chi connectivity index (χ0) is 18.3. The van der Waals surface area contributed by atoms with E-state index >= 15 is 0 Å². The van der Waals surface area contributed by atoms with Gasteiger partial charge in [0, 0.05) is 41.9 Å². The van der Waals surface area contributed by atoms with Crippen LogP contribution < -0.4 is 10.6 Å². The van der Waals surface area contributed by atoms with Crippen molar-refractivity contribution in [3.05, 3.63) is 41.3 Å². The molecule has 2 bridgehead atoms. The molecule has 4 rings (SSSR count). The Morgan fingerprint density at radius 3 is 2.77 bits per heavy atom. The molecule has 8 heteroatoms. The van der Waals surface area contributed by atoms with Gasteiger partial charge in [-0.25, -0.2) is 4.98 Å². The molecule has 7 nitrogen and oxygen atoms in total. The van der Waals surface area contributed by atoms with Crippen molar-refractivity contribution in [1.29, 1.82) is 0 Å². The Kier molecular flexibility index (Phi) is 4.44. The largest absolute Gasteiger partial charge is 0.598 e. The molecule has 134 valence electrons. The summed E-state index contributed by atoms with van der Waals surface area (Å²) in [5, 5.41) is 0. The lowest BCUT2D eigenvalue weighted by atomic mass is 10.1. The maximum Gasteiger partial charge on any atom is 0.222 e. The summed E-state index contributed by atoms with van der Waals surface area (Å²) in [5.74, 6) is 7.38. The molecule has 2 fully saturated rings. The molecule has 2 aromatic heterocycles. The highest BCUT2D eigenvalue weighted by Gasteiger charge is 2.48. The molecule has 2 aliphatic heterocycles. The minimum Gasteiger partial charge on any atom is -0.598 e. The number of aromatic nitrogens is 3. The molecule has 0 aliphatic carbocycles. The number of nitrogens with two attached hydrogens (primary N) is 1. The Balaban J connectivity index is 1.69. The number of rotatable bonds is 2. The topological polar surface area (TPSA) is 94.2 Å².